The predicted molar refractivity (Wildman–Crippen MR) is 442 cm³/mol. The van der Waals surface area contributed by atoms with E-state index >= 15 is 0 Å². The number of nitrogens with one attached hydrogen (secondary N) is 2. The molecule has 1 aliphatic carbocycles. The summed E-state index contributed by atoms with van der Waals surface area (Å²) in [5.74, 6) is 3.79. The summed E-state index contributed by atoms with van der Waals surface area (Å²) in [6, 6.07) is 62.1. The first kappa shape index (κ1) is 90.1. The molecular formula is C86H109Cl2IN9NaO9Pd. The number of nitrogens with zero attached hydrogens (tertiary/aromatic N) is 7. The van der Waals surface area contributed by atoms with Crippen molar-refractivity contribution in [3.8, 4) is 0 Å². The minimum atomic E-state index is -0.299. The molecule has 23 heteroatoms. The molecule has 6 amide bonds. The normalized spacial score (nSPS) is 21.4. The van der Waals surface area contributed by atoms with Crippen molar-refractivity contribution in [2.45, 2.75) is 138 Å². The van der Waals surface area contributed by atoms with Crippen molar-refractivity contribution < 1.29 is 95.9 Å². The fourth-order valence-electron chi connectivity index (χ4n) is 18.0. The Hall–Kier alpha value is -6.07. The summed E-state index contributed by atoms with van der Waals surface area (Å²) >= 11 is 13.6. The summed E-state index contributed by atoms with van der Waals surface area (Å²) in [4.78, 5) is 88.8. The monoisotopic (exact) mass is 1740 g/mol. The maximum Gasteiger partial charge on any atom is 1.00 e. The van der Waals surface area contributed by atoms with Crippen LogP contribution in [0.25, 0.3) is 0 Å². The molecule has 0 aromatic heterocycles. The van der Waals surface area contributed by atoms with Crippen molar-refractivity contribution in [1.82, 2.24) is 20.0 Å². The molecule has 109 heavy (non-hydrogen) atoms. The minimum Gasteiger partial charge on any atom is -1.00 e. The van der Waals surface area contributed by atoms with Crippen molar-refractivity contribution in [2.75, 3.05) is 116 Å². The number of amides is 6. The largest absolute Gasteiger partial charge is 1.00 e. The van der Waals surface area contributed by atoms with E-state index in [0.717, 1.165) is 169 Å². The van der Waals surface area contributed by atoms with E-state index in [9.17, 15) is 28.8 Å². The Labute approximate surface area is 706 Å². The third-order valence-electron chi connectivity index (χ3n) is 23.5. The minimum absolute atomic E-state index is 0. The third-order valence-corrected chi connectivity index (χ3v) is 23.8. The molecule has 0 radical (unpaired) electrons. The van der Waals surface area contributed by atoms with Gasteiger partial charge in [-0.1, -0.05) is 174 Å². The van der Waals surface area contributed by atoms with Gasteiger partial charge < -0.3 is 52.2 Å². The Morgan fingerprint density at radius 2 is 0.945 bits per heavy atom. The van der Waals surface area contributed by atoms with E-state index < -0.39 is 0 Å². The van der Waals surface area contributed by atoms with Crippen LogP contribution in [-0.2, 0) is 91.3 Å². The van der Waals surface area contributed by atoms with Crippen LogP contribution in [0.1, 0.15) is 124 Å². The van der Waals surface area contributed by atoms with Gasteiger partial charge in [0.15, 0.2) is 0 Å². The van der Waals surface area contributed by atoms with Crippen molar-refractivity contribution in [1.29, 1.82) is 0 Å². The zero-order valence-electron chi connectivity index (χ0n) is 65.2. The van der Waals surface area contributed by atoms with Gasteiger partial charge in [0.2, 0.25) is 29.5 Å². The van der Waals surface area contributed by atoms with Crippen LogP contribution in [0.5, 0.6) is 0 Å². The summed E-state index contributed by atoms with van der Waals surface area (Å²) in [6.45, 7) is 9.85. The number of carbonyl (C=O) groups excluding carboxylic acids is 6. The van der Waals surface area contributed by atoms with Crippen LogP contribution >= 0.6 is 45.8 Å². The van der Waals surface area contributed by atoms with Gasteiger partial charge in [-0.15, -0.1) is 23.2 Å². The van der Waals surface area contributed by atoms with Gasteiger partial charge in [-0.2, -0.15) is 0 Å². The molecular weight excluding hydrogens is 1630 g/mol. The van der Waals surface area contributed by atoms with E-state index in [1.54, 1.807) is 4.90 Å². The average molecular weight is 1740 g/mol. The van der Waals surface area contributed by atoms with E-state index in [0.29, 0.717) is 55.1 Å². The fraction of sp³-hybridized carbons (Fsp3) is 0.442. The Morgan fingerprint density at radius 3 is 1.41 bits per heavy atom. The third kappa shape index (κ3) is 20.1. The van der Waals surface area contributed by atoms with Gasteiger partial charge in [-0.3, -0.25) is 33.8 Å². The van der Waals surface area contributed by atoms with Gasteiger partial charge >= 0.3 is 35.7 Å². The van der Waals surface area contributed by atoms with Gasteiger partial charge in [-0.05, 0) is 196 Å². The summed E-state index contributed by atoms with van der Waals surface area (Å²) < 4.78 is 5.31. The second-order valence-corrected chi connectivity index (χ2v) is 30.0. The Balaban J connectivity index is 0.000000211. The molecule has 17 rings (SSSR count). The molecule has 4 saturated heterocycles. The summed E-state index contributed by atoms with van der Waals surface area (Å²) in [5, 5.41) is 6.09. The number of carbonyl (C=O) groups is 6. The first-order valence-corrected chi connectivity index (χ1v) is 40.8. The molecule has 2 atom stereocenters. The van der Waals surface area contributed by atoms with E-state index in [1.165, 1.54) is 27.8 Å². The summed E-state index contributed by atoms with van der Waals surface area (Å²) in [6.07, 6.45) is 13.3. The van der Waals surface area contributed by atoms with Gasteiger partial charge in [0, 0.05) is 127 Å². The van der Waals surface area contributed by atoms with Gasteiger partial charge in [-0.25, -0.2) is 4.79 Å². The first-order valence-electron chi connectivity index (χ1n) is 37.6. The predicted octanol–water partition coefficient (Wildman–Crippen LogP) is 10.8. The van der Waals surface area contributed by atoms with E-state index in [-0.39, 0.29) is 114 Å². The average Bonchev–Trinajstić information content (AvgIpc) is 1.10. The van der Waals surface area contributed by atoms with Gasteiger partial charge in [0.1, 0.15) is 0 Å². The van der Waals surface area contributed by atoms with Gasteiger partial charge in [0.25, 0.3) is 0 Å². The maximum absolute atomic E-state index is 13.2. The van der Waals surface area contributed by atoms with Crippen LogP contribution in [0, 0.1) is 11.8 Å². The number of likely N-dealkylation sites (tertiary alicyclic amines) is 1. The molecule has 584 valence electrons. The number of ether oxygens (including phenoxy) is 1. The number of piperidine rings is 3. The molecule has 3 spiro atoms. The SMILES string of the molecule is CCOC(=O)N1C2CCC1CC(C1CCC3(CC1)C(=O)N(C)c1ccccc13)C2.CI.CN1C(=O)C2(CCN(Cc3ccccc3)CC2)c2ccccc21.CN1C(=O)C2(CCNCC2)c2ccccc21.CN1C(=O)Cc2ccccc21.ClCCN(CCCl)Cc1ccccc1.O.O.O=C1Cc2ccccc2N1.[H-].[Na+].[Pd]. The van der Waals surface area contributed by atoms with Crippen LogP contribution in [0.2, 0.25) is 0 Å². The standard InChI is InChI=1S/C24H32N2O3.C20H22N2O.C13H16N2O.C11H15Cl2N.C9H9NO.C8H7NO.CH3I.Na.2H2O.Pd.H/c1-3-29-23(28)26-18-8-9-19(26)15-17(14-18)16-10-12-24(13-11-16)20-6-4-5-7-21(20)25(2)22(24)27;1-21-18-10-6-5-9-17(18)20(19(21)23)11-13-22(14-12-20)15-16-7-3-2-4-8-16;1-15-11-5-3-2-4-10(11)13(12(15)16)6-8-14-9-7-13;12-6-8-14(9-7-13)10-11-4-2-1-3-5-11;1-10-8-5-3-2-4-7(8)6-9(10)11;10-8-5-6-3-1-2-4-7(6)9-8;1-2;;;;;/h4-7,16-19H,3,8-15H2,1-2H3;2-10H,11-15H2,1H3;2-5,14H,6-9H2,1H3;1-5H,6-10H2;2-5H,6H2,1H3;1-4H,5H2,(H,9,10);1H3;;2*1H2;;/q;;;;;;;+1;;;;-1. The molecule has 2 bridgehead atoms. The number of hydrogen-bond donors (Lipinski definition) is 2. The number of fused-ring (bicyclic) bond motifs is 10. The number of rotatable bonds is 10. The first-order chi connectivity index (χ1) is 51.0. The molecule has 9 heterocycles. The topological polar surface area (TPSA) is 221 Å². The number of anilines is 5. The molecule has 5 fully saturated rings. The Morgan fingerprint density at radius 1 is 0.523 bits per heavy atom. The smallest absolute Gasteiger partial charge is 1.00 e. The molecule has 7 aromatic rings. The van der Waals surface area contributed by atoms with E-state index in [1.807, 2.05) is 145 Å². The quantitative estimate of drug-likeness (QED) is 0.0749. The number of para-hydroxylation sites is 5. The summed E-state index contributed by atoms with van der Waals surface area (Å²) in [5.41, 5.74) is 13.1. The van der Waals surface area contributed by atoms with Crippen LogP contribution in [0.3, 0.4) is 0 Å². The second-order valence-electron chi connectivity index (χ2n) is 29.2. The molecule has 7 aromatic carbocycles. The molecule has 2 unspecified atom stereocenters. The number of halogens is 3. The van der Waals surface area contributed by atoms with Crippen molar-refractivity contribution in [3.05, 3.63) is 221 Å². The Bertz CT molecular complexity index is 4090. The van der Waals surface area contributed by atoms with E-state index in [4.69, 9.17) is 27.9 Å². The van der Waals surface area contributed by atoms with Crippen LogP contribution in [0.4, 0.5) is 33.2 Å². The van der Waals surface area contributed by atoms with Crippen molar-refractivity contribution >= 4 is 110 Å². The van der Waals surface area contributed by atoms with Gasteiger partial charge in [0.05, 0.1) is 35.7 Å². The summed E-state index contributed by atoms with van der Waals surface area (Å²) in [7, 11) is 7.53. The number of benzene rings is 7. The van der Waals surface area contributed by atoms with E-state index in [2.05, 4.69) is 140 Å². The van der Waals surface area contributed by atoms with Crippen molar-refractivity contribution in [3.63, 3.8) is 0 Å². The number of likely N-dealkylation sites (N-methyl/N-ethyl adjacent to an activating group) is 4. The zero-order chi connectivity index (χ0) is 74.3. The van der Waals surface area contributed by atoms with Crippen LogP contribution < -0.4 is 59.8 Å². The van der Waals surface area contributed by atoms with Crippen LogP contribution in [0.15, 0.2) is 182 Å². The molecule has 10 aliphatic rings. The zero-order valence-corrected chi connectivity index (χ0v) is 71.5. The number of alkyl halides is 3. The Kier molecular flexibility index (Phi) is 34.9. The second kappa shape index (κ2) is 42.2. The molecule has 18 nitrogen and oxygen atoms in total. The molecule has 9 aliphatic heterocycles. The number of hydrogen-bond acceptors (Lipinski definition) is 10. The van der Waals surface area contributed by atoms with Crippen LogP contribution in [-0.4, -0.2) is 164 Å². The molecule has 6 N–H and O–H groups in total. The molecule has 1 saturated carbocycles. The van der Waals surface area contributed by atoms with Crippen molar-refractivity contribution in [2.24, 2.45) is 11.8 Å². The maximum atomic E-state index is 13.2. The fourth-order valence-corrected chi connectivity index (χ4v) is 18.5.